The van der Waals surface area contributed by atoms with Crippen LogP contribution in [0.5, 0.6) is 0 Å². The van der Waals surface area contributed by atoms with Gasteiger partial charge in [0.2, 0.25) is 5.91 Å². The van der Waals surface area contributed by atoms with E-state index in [1.165, 1.54) is 17.7 Å². The van der Waals surface area contributed by atoms with Gasteiger partial charge in [0.1, 0.15) is 0 Å². The van der Waals surface area contributed by atoms with Crippen LogP contribution in [0.25, 0.3) is 0 Å². The van der Waals surface area contributed by atoms with Crippen molar-refractivity contribution < 1.29 is 4.79 Å². The van der Waals surface area contributed by atoms with Crippen LogP contribution in [-0.2, 0) is 11.2 Å². The molecule has 1 aromatic rings. The van der Waals surface area contributed by atoms with Crippen molar-refractivity contribution in [2.45, 2.75) is 38.4 Å². The number of hydrogen-bond acceptors (Lipinski definition) is 3. The van der Waals surface area contributed by atoms with E-state index in [4.69, 9.17) is 0 Å². The van der Waals surface area contributed by atoms with Crippen molar-refractivity contribution in [3.63, 3.8) is 0 Å². The standard InChI is InChI=1S/C13H21NOS2/c1-3-4-9-16-11(2)13(15)14-8-7-12-6-5-10-17-12/h5-6,10-11H,3-4,7-9H2,1-2H3,(H,14,15). The Kier molecular flexibility index (Phi) is 7.37. The zero-order valence-electron chi connectivity index (χ0n) is 10.6. The van der Waals surface area contributed by atoms with Crippen molar-refractivity contribution >= 4 is 29.0 Å². The molecule has 1 rings (SSSR count). The Bertz CT molecular complexity index is 311. The summed E-state index contributed by atoms with van der Waals surface area (Å²) in [5.41, 5.74) is 0. The number of amides is 1. The van der Waals surface area contributed by atoms with Gasteiger partial charge in [0.15, 0.2) is 0 Å². The Labute approximate surface area is 112 Å². The summed E-state index contributed by atoms with van der Waals surface area (Å²) in [7, 11) is 0. The van der Waals surface area contributed by atoms with E-state index in [9.17, 15) is 4.79 Å². The molecular weight excluding hydrogens is 250 g/mol. The zero-order chi connectivity index (χ0) is 12.5. The third kappa shape index (κ3) is 6.13. The lowest BCUT2D eigenvalue weighted by Gasteiger charge is -2.11. The second kappa shape index (κ2) is 8.59. The van der Waals surface area contributed by atoms with E-state index in [1.54, 1.807) is 23.1 Å². The highest BCUT2D eigenvalue weighted by molar-refractivity contribution is 8.00. The highest BCUT2D eigenvalue weighted by Crippen LogP contribution is 2.13. The van der Waals surface area contributed by atoms with Crippen LogP contribution in [0.1, 0.15) is 31.6 Å². The van der Waals surface area contributed by atoms with E-state index >= 15 is 0 Å². The van der Waals surface area contributed by atoms with Crippen molar-refractivity contribution in [1.29, 1.82) is 0 Å². The van der Waals surface area contributed by atoms with Crippen LogP contribution >= 0.6 is 23.1 Å². The SMILES string of the molecule is CCCCSC(C)C(=O)NCCc1cccs1. The van der Waals surface area contributed by atoms with Crippen LogP contribution in [0.2, 0.25) is 0 Å². The van der Waals surface area contributed by atoms with Crippen molar-refractivity contribution in [2.75, 3.05) is 12.3 Å². The van der Waals surface area contributed by atoms with E-state index in [-0.39, 0.29) is 11.2 Å². The molecule has 1 N–H and O–H groups in total. The van der Waals surface area contributed by atoms with Crippen molar-refractivity contribution in [3.05, 3.63) is 22.4 Å². The fraction of sp³-hybridized carbons (Fsp3) is 0.615. The number of rotatable bonds is 8. The third-order valence-electron chi connectivity index (χ3n) is 2.49. The first-order valence-corrected chi connectivity index (χ1v) is 8.08. The summed E-state index contributed by atoms with van der Waals surface area (Å²) < 4.78 is 0. The number of unbranched alkanes of at least 4 members (excludes halogenated alkanes) is 1. The molecule has 0 aliphatic rings. The van der Waals surface area contributed by atoms with Gasteiger partial charge in [0.25, 0.3) is 0 Å². The Morgan fingerprint density at radius 2 is 2.41 bits per heavy atom. The number of carbonyl (C=O) groups excluding carboxylic acids is 1. The maximum Gasteiger partial charge on any atom is 0.232 e. The lowest BCUT2D eigenvalue weighted by molar-refractivity contribution is -0.120. The topological polar surface area (TPSA) is 29.1 Å². The maximum absolute atomic E-state index is 11.7. The normalized spacial score (nSPS) is 12.4. The number of thiophene rings is 1. The highest BCUT2D eigenvalue weighted by Gasteiger charge is 2.11. The molecule has 0 aliphatic heterocycles. The van der Waals surface area contributed by atoms with Crippen molar-refractivity contribution in [1.82, 2.24) is 5.32 Å². The molecule has 0 fully saturated rings. The predicted molar refractivity (Wildman–Crippen MR) is 77.9 cm³/mol. The fourth-order valence-corrected chi connectivity index (χ4v) is 3.14. The molecule has 17 heavy (non-hydrogen) atoms. The summed E-state index contributed by atoms with van der Waals surface area (Å²) in [4.78, 5) is 13.1. The van der Waals surface area contributed by atoms with Crippen LogP contribution < -0.4 is 5.32 Å². The monoisotopic (exact) mass is 271 g/mol. The molecule has 4 heteroatoms. The van der Waals surface area contributed by atoms with Crippen LogP contribution in [0, 0.1) is 0 Å². The van der Waals surface area contributed by atoms with Crippen LogP contribution in [-0.4, -0.2) is 23.5 Å². The summed E-state index contributed by atoms with van der Waals surface area (Å²) in [6, 6.07) is 4.15. The fourth-order valence-electron chi connectivity index (χ4n) is 1.39. The molecule has 0 saturated carbocycles. The van der Waals surface area contributed by atoms with Crippen molar-refractivity contribution in [2.24, 2.45) is 0 Å². The first-order valence-electron chi connectivity index (χ1n) is 6.15. The second-order valence-corrected chi connectivity index (χ2v) is 6.47. The Hall–Kier alpha value is -0.480. The highest BCUT2D eigenvalue weighted by atomic mass is 32.2. The van der Waals surface area contributed by atoms with Gasteiger partial charge in [-0.05, 0) is 37.0 Å². The first-order chi connectivity index (χ1) is 8.24. The molecular formula is C13H21NOS2. The lowest BCUT2D eigenvalue weighted by atomic mass is 10.3. The number of thioether (sulfide) groups is 1. The molecule has 0 saturated heterocycles. The predicted octanol–water partition coefficient (Wildman–Crippen LogP) is 3.33. The van der Waals surface area contributed by atoms with E-state index < -0.39 is 0 Å². The molecule has 1 aromatic heterocycles. The Morgan fingerprint density at radius 1 is 1.59 bits per heavy atom. The molecule has 1 heterocycles. The van der Waals surface area contributed by atoms with Gasteiger partial charge < -0.3 is 5.32 Å². The summed E-state index contributed by atoms with van der Waals surface area (Å²) in [6.07, 6.45) is 3.33. The van der Waals surface area contributed by atoms with Gasteiger partial charge in [-0.3, -0.25) is 4.79 Å². The zero-order valence-corrected chi connectivity index (χ0v) is 12.2. The molecule has 96 valence electrons. The molecule has 0 bridgehead atoms. The van der Waals surface area contributed by atoms with Crippen molar-refractivity contribution in [3.8, 4) is 0 Å². The molecule has 0 spiro atoms. The van der Waals surface area contributed by atoms with E-state index in [1.807, 2.05) is 13.0 Å². The number of hydrogen-bond donors (Lipinski definition) is 1. The number of carbonyl (C=O) groups is 1. The third-order valence-corrected chi connectivity index (χ3v) is 4.66. The van der Waals surface area contributed by atoms with E-state index in [0.717, 1.165) is 18.7 Å². The van der Waals surface area contributed by atoms with Gasteiger partial charge in [-0.15, -0.1) is 23.1 Å². The number of nitrogens with one attached hydrogen (secondary N) is 1. The second-order valence-electron chi connectivity index (χ2n) is 3.99. The molecule has 0 aliphatic carbocycles. The quantitative estimate of drug-likeness (QED) is 0.735. The van der Waals surface area contributed by atoms with Crippen LogP contribution in [0.4, 0.5) is 0 Å². The molecule has 1 atom stereocenters. The minimum atomic E-state index is 0.0740. The largest absolute Gasteiger partial charge is 0.355 e. The van der Waals surface area contributed by atoms with Gasteiger partial charge in [0, 0.05) is 11.4 Å². The molecule has 1 unspecified atom stereocenters. The lowest BCUT2D eigenvalue weighted by Crippen LogP contribution is -2.32. The average Bonchev–Trinajstić information content (AvgIpc) is 2.82. The molecule has 0 aromatic carbocycles. The van der Waals surface area contributed by atoms with Crippen LogP contribution in [0.15, 0.2) is 17.5 Å². The van der Waals surface area contributed by atoms with Gasteiger partial charge in [-0.2, -0.15) is 0 Å². The van der Waals surface area contributed by atoms with Gasteiger partial charge >= 0.3 is 0 Å². The molecule has 1 amide bonds. The van der Waals surface area contributed by atoms with E-state index in [2.05, 4.69) is 23.7 Å². The summed E-state index contributed by atoms with van der Waals surface area (Å²) in [6.45, 7) is 4.91. The minimum Gasteiger partial charge on any atom is -0.355 e. The van der Waals surface area contributed by atoms with Gasteiger partial charge in [-0.1, -0.05) is 19.4 Å². The van der Waals surface area contributed by atoms with Gasteiger partial charge in [-0.25, -0.2) is 0 Å². The maximum atomic E-state index is 11.7. The Morgan fingerprint density at radius 3 is 3.06 bits per heavy atom. The summed E-state index contributed by atoms with van der Waals surface area (Å²) in [5.74, 6) is 1.25. The minimum absolute atomic E-state index is 0.0740. The summed E-state index contributed by atoms with van der Waals surface area (Å²) >= 11 is 3.49. The van der Waals surface area contributed by atoms with Crippen LogP contribution in [0.3, 0.4) is 0 Å². The van der Waals surface area contributed by atoms with E-state index in [0.29, 0.717) is 0 Å². The summed E-state index contributed by atoms with van der Waals surface area (Å²) in [5, 5.41) is 5.14. The van der Waals surface area contributed by atoms with Gasteiger partial charge in [0.05, 0.1) is 5.25 Å². The molecule has 2 nitrogen and oxygen atoms in total. The molecule has 0 radical (unpaired) electrons. The average molecular weight is 271 g/mol. The Balaban J connectivity index is 2.11. The first kappa shape index (κ1) is 14.6. The smallest absolute Gasteiger partial charge is 0.232 e.